The van der Waals surface area contributed by atoms with Crippen molar-refractivity contribution in [3.63, 3.8) is 0 Å². The quantitative estimate of drug-likeness (QED) is 0.856. The van der Waals surface area contributed by atoms with Crippen LogP contribution < -0.4 is 5.32 Å². The second kappa shape index (κ2) is 6.56. The summed E-state index contributed by atoms with van der Waals surface area (Å²) >= 11 is 3.58. The molecule has 3 rings (SSSR count). The van der Waals surface area contributed by atoms with E-state index >= 15 is 0 Å². The number of fused-ring (bicyclic) bond motifs is 1. The van der Waals surface area contributed by atoms with Gasteiger partial charge < -0.3 is 5.32 Å². The molecule has 1 N–H and O–H groups in total. The van der Waals surface area contributed by atoms with Crippen LogP contribution in [0, 0.1) is 11.8 Å². The summed E-state index contributed by atoms with van der Waals surface area (Å²) < 4.78 is 0. The number of hydrogen-bond acceptors (Lipinski definition) is 2. The number of halogens is 1. The van der Waals surface area contributed by atoms with Gasteiger partial charge in [-0.25, -0.2) is 0 Å². The Morgan fingerprint density at radius 1 is 1.24 bits per heavy atom. The average molecular weight is 347 g/mol. The first-order valence-corrected chi connectivity index (χ1v) is 8.59. The molecule has 2 aromatic rings. The Hall–Kier alpha value is -1.42. The summed E-state index contributed by atoms with van der Waals surface area (Å²) in [4.78, 5) is 16.8. The average Bonchev–Trinajstić information content (AvgIpc) is 2.99. The molecule has 1 saturated carbocycles. The van der Waals surface area contributed by atoms with Crippen molar-refractivity contribution in [2.24, 2.45) is 11.8 Å². The molecule has 0 radical (unpaired) electrons. The van der Waals surface area contributed by atoms with Crippen molar-refractivity contribution in [1.82, 2.24) is 10.3 Å². The number of carbonyl (C=O) groups excluding carboxylic acids is 1. The van der Waals surface area contributed by atoms with Crippen molar-refractivity contribution in [3.05, 3.63) is 42.1 Å². The molecule has 3 nitrogen and oxygen atoms in total. The maximum absolute atomic E-state index is 12.5. The number of hydrogen-bond donors (Lipinski definition) is 1. The molecule has 110 valence electrons. The molecular weight excluding hydrogens is 328 g/mol. The molecule has 1 amide bonds. The van der Waals surface area contributed by atoms with E-state index in [2.05, 4.69) is 26.2 Å². The minimum atomic E-state index is 0.00817. The first kappa shape index (κ1) is 14.5. The third kappa shape index (κ3) is 3.10. The molecule has 0 spiro atoms. The maximum atomic E-state index is 12.5. The van der Waals surface area contributed by atoms with Crippen molar-refractivity contribution >= 4 is 32.7 Å². The van der Waals surface area contributed by atoms with Gasteiger partial charge in [0.1, 0.15) is 0 Å². The predicted octanol–water partition coefficient (Wildman–Crippen LogP) is 3.78. The fraction of sp³-hybridized carbons (Fsp3) is 0.412. The lowest BCUT2D eigenvalue weighted by atomic mass is 9.98. The van der Waals surface area contributed by atoms with E-state index in [1.54, 1.807) is 6.20 Å². The lowest BCUT2D eigenvalue weighted by molar-refractivity contribution is 0.0946. The summed E-state index contributed by atoms with van der Waals surface area (Å²) in [6.45, 7) is 0.770. The van der Waals surface area contributed by atoms with E-state index in [1.807, 2.05) is 30.3 Å². The SMILES string of the molecule is O=C(NCC1CCCC1CBr)c1cccc2ncccc12. The second-order valence-electron chi connectivity index (χ2n) is 5.69. The molecular formula is C17H19BrN2O. The zero-order valence-corrected chi connectivity index (χ0v) is 13.5. The molecule has 1 aliphatic rings. The minimum Gasteiger partial charge on any atom is -0.352 e. The van der Waals surface area contributed by atoms with Crippen molar-refractivity contribution in [1.29, 1.82) is 0 Å². The lowest BCUT2D eigenvalue weighted by Crippen LogP contribution is -2.31. The molecule has 2 atom stereocenters. The van der Waals surface area contributed by atoms with Gasteiger partial charge in [-0.3, -0.25) is 9.78 Å². The number of benzene rings is 1. The van der Waals surface area contributed by atoms with Crippen LogP contribution in [0.3, 0.4) is 0 Å². The van der Waals surface area contributed by atoms with Crippen LogP contribution in [-0.2, 0) is 0 Å². The fourth-order valence-corrected chi connectivity index (χ4v) is 4.06. The third-order valence-electron chi connectivity index (χ3n) is 4.43. The zero-order chi connectivity index (χ0) is 14.7. The van der Waals surface area contributed by atoms with E-state index < -0.39 is 0 Å². The Balaban J connectivity index is 1.72. The molecule has 1 heterocycles. The lowest BCUT2D eigenvalue weighted by Gasteiger charge is -2.18. The van der Waals surface area contributed by atoms with Gasteiger partial charge in [-0.2, -0.15) is 0 Å². The number of nitrogens with one attached hydrogen (secondary N) is 1. The molecule has 2 unspecified atom stereocenters. The van der Waals surface area contributed by atoms with Gasteiger partial charge in [0.2, 0.25) is 0 Å². The van der Waals surface area contributed by atoms with Gasteiger partial charge >= 0.3 is 0 Å². The van der Waals surface area contributed by atoms with Gasteiger partial charge in [-0.15, -0.1) is 0 Å². The molecule has 4 heteroatoms. The molecule has 0 aliphatic heterocycles. The van der Waals surface area contributed by atoms with Crippen molar-refractivity contribution in [2.45, 2.75) is 19.3 Å². The highest BCUT2D eigenvalue weighted by Crippen LogP contribution is 2.32. The normalized spacial score (nSPS) is 21.6. The fourth-order valence-electron chi connectivity index (χ4n) is 3.21. The topological polar surface area (TPSA) is 42.0 Å². The molecule has 1 aromatic carbocycles. The molecule has 1 aromatic heterocycles. The first-order chi connectivity index (χ1) is 10.3. The van der Waals surface area contributed by atoms with Gasteiger partial charge in [-0.1, -0.05) is 34.5 Å². The minimum absolute atomic E-state index is 0.00817. The molecule has 0 saturated heterocycles. The van der Waals surface area contributed by atoms with Crippen molar-refractivity contribution < 1.29 is 4.79 Å². The maximum Gasteiger partial charge on any atom is 0.251 e. The van der Waals surface area contributed by atoms with Gasteiger partial charge in [-0.05, 0) is 42.9 Å². The molecule has 0 bridgehead atoms. The van der Waals surface area contributed by atoms with Gasteiger partial charge in [0.25, 0.3) is 5.91 Å². The number of carbonyl (C=O) groups is 1. The predicted molar refractivity (Wildman–Crippen MR) is 88.7 cm³/mol. The van der Waals surface area contributed by atoms with E-state index in [9.17, 15) is 4.79 Å². The van der Waals surface area contributed by atoms with Crippen LogP contribution in [0.5, 0.6) is 0 Å². The first-order valence-electron chi connectivity index (χ1n) is 7.47. The van der Waals surface area contributed by atoms with E-state index in [0.29, 0.717) is 17.4 Å². The molecule has 1 aliphatic carbocycles. The number of alkyl halides is 1. The Morgan fingerprint density at radius 3 is 2.95 bits per heavy atom. The summed E-state index contributed by atoms with van der Waals surface area (Å²) in [6.07, 6.45) is 5.51. The zero-order valence-electron chi connectivity index (χ0n) is 11.9. The highest BCUT2D eigenvalue weighted by molar-refractivity contribution is 9.09. The van der Waals surface area contributed by atoms with E-state index in [-0.39, 0.29) is 5.91 Å². The van der Waals surface area contributed by atoms with Gasteiger partial charge in [0, 0.05) is 29.0 Å². The number of aromatic nitrogens is 1. The second-order valence-corrected chi connectivity index (χ2v) is 6.34. The van der Waals surface area contributed by atoms with Crippen LogP contribution in [0.4, 0.5) is 0 Å². The van der Waals surface area contributed by atoms with Gasteiger partial charge in [0.05, 0.1) is 5.52 Å². The standard InChI is InChI=1S/C17H19BrN2O/c18-10-12-4-1-5-13(12)11-20-17(21)15-6-2-8-16-14(15)7-3-9-19-16/h2-3,6-9,12-13H,1,4-5,10-11H2,(H,20,21). The monoisotopic (exact) mass is 346 g/mol. The molecule has 1 fully saturated rings. The Labute approximate surface area is 133 Å². The Morgan fingerprint density at radius 2 is 2.10 bits per heavy atom. The van der Waals surface area contributed by atoms with E-state index in [1.165, 1.54) is 19.3 Å². The smallest absolute Gasteiger partial charge is 0.251 e. The van der Waals surface area contributed by atoms with Crippen LogP contribution in [0.25, 0.3) is 10.9 Å². The third-order valence-corrected chi connectivity index (χ3v) is 5.26. The van der Waals surface area contributed by atoms with Crippen molar-refractivity contribution in [2.75, 3.05) is 11.9 Å². The van der Waals surface area contributed by atoms with E-state index in [4.69, 9.17) is 0 Å². The van der Waals surface area contributed by atoms with Crippen LogP contribution >= 0.6 is 15.9 Å². The Kier molecular flexibility index (Phi) is 4.54. The molecule has 21 heavy (non-hydrogen) atoms. The van der Waals surface area contributed by atoms with E-state index in [0.717, 1.165) is 22.8 Å². The van der Waals surface area contributed by atoms with Crippen LogP contribution in [0.2, 0.25) is 0 Å². The number of pyridine rings is 1. The highest BCUT2D eigenvalue weighted by atomic mass is 79.9. The van der Waals surface area contributed by atoms with Crippen LogP contribution in [0.1, 0.15) is 29.6 Å². The number of rotatable bonds is 4. The van der Waals surface area contributed by atoms with Crippen LogP contribution in [-0.4, -0.2) is 22.8 Å². The van der Waals surface area contributed by atoms with Crippen LogP contribution in [0.15, 0.2) is 36.5 Å². The summed E-state index contributed by atoms with van der Waals surface area (Å²) in [5, 5.41) is 5.06. The summed E-state index contributed by atoms with van der Waals surface area (Å²) in [7, 11) is 0. The summed E-state index contributed by atoms with van der Waals surface area (Å²) in [6, 6.07) is 9.52. The summed E-state index contributed by atoms with van der Waals surface area (Å²) in [5.74, 6) is 1.30. The van der Waals surface area contributed by atoms with Crippen molar-refractivity contribution in [3.8, 4) is 0 Å². The largest absolute Gasteiger partial charge is 0.352 e. The summed E-state index contributed by atoms with van der Waals surface area (Å²) in [5.41, 5.74) is 1.58. The number of nitrogens with zero attached hydrogens (tertiary/aromatic N) is 1. The highest BCUT2D eigenvalue weighted by Gasteiger charge is 2.26. The number of amides is 1. The van der Waals surface area contributed by atoms with Gasteiger partial charge in [0.15, 0.2) is 0 Å². The Bertz CT molecular complexity index is 638.